The highest BCUT2D eigenvalue weighted by atomic mass is 32.2. The SMILES string of the molecule is Cc1c(O)n(-c2ccc(S(=O)(=O)C(F)(F)F)cc2)c(=O)n1Cc1ccncc1NC(=O)OC(C)C. The van der Waals surface area contributed by atoms with Gasteiger partial charge < -0.3 is 9.84 Å². The monoisotopic (exact) mass is 514 g/mol. The van der Waals surface area contributed by atoms with E-state index < -0.39 is 37.9 Å². The lowest BCUT2D eigenvalue weighted by molar-refractivity contribution is -0.0436. The van der Waals surface area contributed by atoms with Crippen LogP contribution in [0.15, 0.2) is 52.4 Å². The summed E-state index contributed by atoms with van der Waals surface area (Å²) in [5, 5.41) is 13.1. The third kappa shape index (κ3) is 5.16. The Morgan fingerprint density at radius 1 is 1.20 bits per heavy atom. The van der Waals surface area contributed by atoms with Crippen molar-refractivity contribution < 1.29 is 36.2 Å². The van der Waals surface area contributed by atoms with E-state index in [0.717, 1.165) is 16.7 Å². The summed E-state index contributed by atoms with van der Waals surface area (Å²) in [5.74, 6) is -0.496. The van der Waals surface area contributed by atoms with Gasteiger partial charge in [0.15, 0.2) is 0 Å². The number of nitrogens with zero attached hydrogens (tertiary/aromatic N) is 3. The van der Waals surface area contributed by atoms with Crippen molar-refractivity contribution in [2.75, 3.05) is 5.32 Å². The molecule has 0 aliphatic rings. The predicted octanol–water partition coefficient (Wildman–Crippen LogP) is 3.35. The smallest absolute Gasteiger partial charge is 0.493 e. The van der Waals surface area contributed by atoms with Gasteiger partial charge in [-0.3, -0.25) is 14.9 Å². The Bertz CT molecular complexity index is 1410. The maximum Gasteiger partial charge on any atom is 0.501 e. The summed E-state index contributed by atoms with van der Waals surface area (Å²) < 4.78 is 68.5. The molecule has 0 spiro atoms. The zero-order valence-electron chi connectivity index (χ0n) is 18.7. The maximum absolute atomic E-state index is 13.1. The van der Waals surface area contributed by atoms with Gasteiger partial charge in [0.05, 0.1) is 40.8 Å². The van der Waals surface area contributed by atoms with Gasteiger partial charge >= 0.3 is 17.3 Å². The molecule has 3 rings (SSSR count). The lowest BCUT2D eigenvalue weighted by Gasteiger charge is -2.13. The molecule has 0 saturated carbocycles. The molecular weight excluding hydrogens is 493 g/mol. The van der Waals surface area contributed by atoms with Crippen LogP contribution in [0.1, 0.15) is 25.1 Å². The number of hydrogen-bond donors (Lipinski definition) is 2. The first-order valence-electron chi connectivity index (χ1n) is 10.1. The van der Waals surface area contributed by atoms with Crippen LogP contribution in [-0.2, 0) is 21.1 Å². The summed E-state index contributed by atoms with van der Waals surface area (Å²) in [6.45, 7) is 4.68. The van der Waals surface area contributed by atoms with Gasteiger partial charge in [0, 0.05) is 6.20 Å². The molecule has 14 heteroatoms. The minimum Gasteiger partial charge on any atom is -0.493 e. The number of alkyl halides is 3. The Morgan fingerprint density at radius 2 is 1.83 bits per heavy atom. The summed E-state index contributed by atoms with van der Waals surface area (Å²) >= 11 is 0. The van der Waals surface area contributed by atoms with Crippen molar-refractivity contribution in [1.29, 1.82) is 0 Å². The molecule has 35 heavy (non-hydrogen) atoms. The molecule has 0 aliphatic heterocycles. The molecule has 10 nitrogen and oxygen atoms in total. The third-order valence-corrected chi connectivity index (χ3v) is 6.39. The number of nitrogens with one attached hydrogen (secondary N) is 1. The Labute approximate surface area is 197 Å². The van der Waals surface area contributed by atoms with Crippen molar-refractivity contribution >= 4 is 21.6 Å². The number of imidazole rings is 1. The van der Waals surface area contributed by atoms with Crippen LogP contribution in [-0.4, -0.2) is 45.3 Å². The molecule has 0 radical (unpaired) electrons. The van der Waals surface area contributed by atoms with Crippen LogP contribution >= 0.6 is 0 Å². The van der Waals surface area contributed by atoms with Gasteiger partial charge in [-0.15, -0.1) is 0 Å². The number of aromatic hydroxyl groups is 1. The second-order valence-corrected chi connectivity index (χ2v) is 9.61. The third-order valence-electron chi connectivity index (χ3n) is 4.89. The fourth-order valence-corrected chi connectivity index (χ4v) is 3.92. The molecule has 2 heterocycles. The molecule has 1 aromatic carbocycles. The Kier molecular flexibility index (Phi) is 6.96. The van der Waals surface area contributed by atoms with Gasteiger partial charge in [-0.2, -0.15) is 13.2 Å². The van der Waals surface area contributed by atoms with E-state index in [9.17, 15) is 36.3 Å². The van der Waals surface area contributed by atoms with E-state index in [1.807, 2.05) is 0 Å². The number of amides is 1. The Hall–Kier alpha value is -3.81. The lowest BCUT2D eigenvalue weighted by Crippen LogP contribution is -2.25. The van der Waals surface area contributed by atoms with Crippen LogP contribution < -0.4 is 11.0 Å². The van der Waals surface area contributed by atoms with Crippen molar-refractivity contribution in [2.24, 2.45) is 0 Å². The molecule has 1 amide bonds. The average Bonchev–Trinajstić information content (AvgIpc) is 2.97. The first-order chi connectivity index (χ1) is 16.2. The fourth-order valence-electron chi connectivity index (χ4n) is 3.16. The standard InChI is InChI=1S/C21H21F3N4O6S/c1-12(2)34-19(30)26-17-10-25-9-8-14(17)11-27-13(3)18(29)28(20(27)31)15-4-6-16(7-5-15)35(32,33)21(22,23)24/h4-10,12,29H,11H2,1-3H3,(H,26,30). The molecule has 0 atom stereocenters. The highest BCUT2D eigenvalue weighted by Gasteiger charge is 2.46. The van der Waals surface area contributed by atoms with E-state index in [2.05, 4.69) is 10.3 Å². The van der Waals surface area contributed by atoms with Crippen molar-refractivity contribution in [2.45, 2.75) is 43.8 Å². The molecule has 0 unspecified atom stereocenters. The number of sulfone groups is 1. The van der Waals surface area contributed by atoms with Gasteiger partial charge in [0.1, 0.15) is 0 Å². The van der Waals surface area contributed by atoms with E-state index >= 15 is 0 Å². The van der Waals surface area contributed by atoms with Crippen LogP contribution in [0.3, 0.4) is 0 Å². The van der Waals surface area contributed by atoms with Crippen LogP contribution in [0.25, 0.3) is 5.69 Å². The molecule has 2 aromatic heterocycles. The number of aromatic nitrogens is 3. The van der Waals surface area contributed by atoms with Gasteiger partial charge in [-0.1, -0.05) is 0 Å². The van der Waals surface area contributed by atoms with Crippen molar-refractivity contribution in [3.8, 4) is 11.6 Å². The number of pyridine rings is 1. The highest BCUT2D eigenvalue weighted by molar-refractivity contribution is 7.92. The molecule has 0 aliphatic carbocycles. The molecular formula is C21H21F3N4O6S. The second-order valence-electron chi connectivity index (χ2n) is 7.67. The van der Waals surface area contributed by atoms with E-state index in [1.165, 1.54) is 23.9 Å². The molecule has 188 valence electrons. The summed E-state index contributed by atoms with van der Waals surface area (Å²) in [4.78, 5) is 28.0. The number of benzene rings is 1. The van der Waals surface area contributed by atoms with Crippen molar-refractivity contribution in [3.05, 3.63) is 64.5 Å². The first-order valence-corrected chi connectivity index (χ1v) is 11.6. The lowest BCUT2D eigenvalue weighted by atomic mass is 10.2. The quantitative estimate of drug-likeness (QED) is 0.516. The van der Waals surface area contributed by atoms with Gasteiger partial charge in [-0.25, -0.2) is 22.6 Å². The summed E-state index contributed by atoms with van der Waals surface area (Å²) in [6, 6.07) is 4.89. The normalized spacial score (nSPS) is 12.1. The molecule has 0 bridgehead atoms. The summed E-state index contributed by atoms with van der Waals surface area (Å²) in [7, 11) is -5.57. The zero-order chi connectivity index (χ0) is 26.1. The highest BCUT2D eigenvalue weighted by Crippen LogP contribution is 2.31. The number of ether oxygens (including phenoxy) is 1. The van der Waals surface area contributed by atoms with Crippen LogP contribution in [0, 0.1) is 6.92 Å². The maximum atomic E-state index is 13.1. The topological polar surface area (TPSA) is 133 Å². The largest absolute Gasteiger partial charge is 0.501 e. The van der Waals surface area contributed by atoms with E-state index in [-0.39, 0.29) is 29.7 Å². The predicted molar refractivity (Wildman–Crippen MR) is 118 cm³/mol. The van der Waals surface area contributed by atoms with E-state index in [1.54, 1.807) is 19.9 Å². The van der Waals surface area contributed by atoms with Crippen molar-refractivity contribution in [3.63, 3.8) is 0 Å². The van der Waals surface area contributed by atoms with Crippen molar-refractivity contribution in [1.82, 2.24) is 14.1 Å². The van der Waals surface area contributed by atoms with Crippen LogP contribution in [0.4, 0.5) is 23.7 Å². The minimum absolute atomic E-state index is 0.0518. The fraction of sp³-hybridized carbons (Fsp3) is 0.286. The number of anilines is 1. The number of carbonyl (C=O) groups excluding carboxylic acids is 1. The van der Waals surface area contributed by atoms with Gasteiger partial charge in [0.25, 0.3) is 9.84 Å². The number of hydrogen-bond acceptors (Lipinski definition) is 7. The van der Waals surface area contributed by atoms with Gasteiger partial charge in [0.2, 0.25) is 5.88 Å². The Morgan fingerprint density at radius 3 is 2.40 bits per heavy atom. The van der Waals surface area contributed by atoms with E-state index in [0.29, 0.717) is 17.7 Å². The first kappa shape index (κ1) is 25.8. The minimum atomic E-state index is -5.57. The second kappa shape index (κ2) is 9.44. The number of halogens is 3. The van der Waals surface area contributed by atoms with Gasteiger partial charge in [-0.05, 0) is 56.7 Å². The molecule has 0 saturated heterocycles. The summed E-state index contributed by atoms with van der Waals surface area (Å²) in [5.41, 5.74) is -5.45. The summed E-state index contributed by atoms with van der Waals surface area (Å²) in [6.07, 6.45) is 1.69. The average molecular weight is 514 g/mol. The zero-order valence-corrected chi connectivity index (χ0v) is 19.5. The van der Waals surface area contributed by atoms with E-state index in [4.69, 9.17) is 4.74 Å². The van der Waals surface area contributed by atoms with Crippen LogP contribution in [0.2, 0.25) is 0 Å². The molecule has 0 fully saturated rings. The molecule has 3 aromatic rings. The number of carbonyl (C=O) groups is 1. The number of rotatable bonds is 6. The van der Waals surface area contributed by atoms with Crippen LogP contribution in [0.5, 0.6) is 5.88 Å². The Balaban J connectivity index is 1.97. The molecule has 2 N–H and O–H groups in total.